The third-order valence-electron chi connectivity index (χ3n) is 3.53. The summed E-state index contributed by atoms with van der Waals surface area (Å²) in [7, 11) is 0. The van der Waals surface area contributed by atoms with Crippen LogP contribution in [0.25, 0.3) is 0 Å². The summed E-state index contributed by atoms with van der Waals surface area (Å²) >= 11 is 3.66. The number of rotatable bonds is 3. The third-order valence-corrected chi connectivity index (χ3v) is 4.37. The Labute approximate surface area is 121 Å². The first-order valence-electron chi connectivity index (χ1n) is 6.68. The molecule has 19 heavy (non-hydrogen) atoms. The fourth-order valence-electron chi connectivity index (χ4n) is 2.54. The molecule has 4 nitrogen and oxygen atoms in total. The molecule has 0 saturated carbocycles. The van der Waals surface area contributed by atoms with Gasteiger partial charge in [-0.15, -0.1) is 0 Å². The molecule has 0 amide bonds. The summed E-state index contributed by atoms with van der Waals surface area (Å²) in [6, 6.07) is 4.17. The van der Waals surface area contributed by atoms with Gasteiger partial charge >= 0.3 is 0 Å². The minimum atomic E-state index is 0.455. The molecule has 100 valence electrons. The molecule has 1 aliphatic rings. The summed E-state index contributed by atoms with van der Waals surface area (Å²) in [5, 5.41) is 8.20. The first-order valence-corrected chi connectivity index (χ1v) is 7.48. The summed E-state index contributed by atoms with van der Waals surface area (Å²) in [5.74, 6) is 1.57. The Balaban J connectivity index is 1.86. The molecule has 0 aliphatic carbocycles. The van der Waals surface area contributed by atoms with Gasteiger partial charge in [0.1, 0.15) is 5.82 Å². The van der Waals surface area contributed by atoms with Crippen LogP contribution in [0.1, 0.15) is 30.5 Å². The van der Waals surface area contributed by atoms with Gasteiger partial charge in [-0.2, -0.15) is 5.10 Å². The van der Waals surface area contributed by atoms with E-state index in [-0.39, 0.29) is 0 Å². The fraction of sp³-hybridized carbons (Fsp3) is 0.429. The number of hydrogen-bond acceptors (Lipinski definition) is 3. The first kappa shape index (κ1) is 12.7. The van der Waals surface area contributed by atoms with Gasteiger partial charge in [0.2, 0.25) is 0 Å². The number of aryl methyl sites for hydroxylation is 1. The molecule has 3 heterocycles. The molecule has 0 saturated heterocycles. The van der Waals surface area contributed by atoms with Crippen molar-refractivity contribution >= 4 is 21.7 Å². The molecule has 5 heteroatoms. The van der Waals surface area contributed by atoms with Crippen molar-refractivity contribution in [3.8, 4) is 0 Å². The highest BCUT2D eigenvalue weighted by atomic mass is 79.9. The summed E-state index contributed by atoms with van der Waals surface area (Å²) < 4.78 is 3.21. The van der Waals surface area contributed by atoms with Gasteiger partial charge in [-0.25, -0.2) is 4.68 Å². The smallest absolute Gasteiger partial charge is 0.139 e. The molecule has 0 spiro atoms. The van der Waals surface area contributed by atoms with E-state index in [9.17, 15) is 0 Å². The molecule has 1 N–H and O–H groups in total. The van der Waals surface area contributed by atoms with E-state index in [1.165, 1.54) is 5.56 Å². The van der Waals surface area contributed by atoms with Crippen molar-refractivity contribution in [2.24, 2.45) is 0 Å². The van der Waals surface area contributed by atoms with Gasteiger partial charge in [0.15, 0.2) is 0 Å². The predicted molar refractivity (Wildman–Crippen MR) is 79.4 cm³/mol. The van der Waals surface area contributed by atoms with E-state index < -0.39 is 0 Å². The van der Waals surface area contributed by atoms with Gasteiger partial charge in [-0.05, 0) is 40.0 Å². The monoisotopic (exact) mass is 320 g/mol. The van der Waals surface area contributed by atoms with Crippen LogP contribution in [0.15, 0.2) is 29.0 Å². The summed E-state index contributed by atoms with van der Waals surface area (Å²) in [6.45, 7) is 4.05. The molecular formula is C14H17BrN4. The van der Waals surface area contributed by atoms with Crippen molar-refractivity contribution in [3.05, 3.63) is 40.3 Å². The lowest BCUT2D eigenvalue weighted by atomic mass is 9.99. The Morgan fingerprint density at radius 1 is 1.42 bits per heavy atom. The van der Waals surface area contributed by atoms with Crippen molar-refractivity contribution in [1.29, 1.82) is 0 Å². The number of nitrogens with zero attached hydrogens (tertiary/aromatic N) is 3. The lowest BCUT2D eigenvalue weighted by molar-refractivity contribution is 0.501. The van der Waals surface area contributed by atoms with Gasteiger partial charge < -0.3 is 5.32 Å². The largest absolute Gasteiger partial charge is 0.369 e. The molecule has 3 rings (SSSR count). The average Bonchev–Trinajstić information content (AvgIpc) is 2.76. The average molecular weight is 321 g/mol. The lowest BCUT2D eigenvalue weighted by Crippen LogP contribution is -2.26. The van der Waals surface area contributed by atoms with Crippen molar-refractivity contribution in [1.82, 2.24) is 14.8 Å². The molecule has 2 aromatic heterocycles. The maximum Gasteiger partial charge on any atom is 0.139 e. The van der Waals surface area contributed by atoms with Crippen LogP contribution in [0.5, 0.6) is 0 Å². The number of hydrogen-bond donors (Lipinski definition) is 1. The molecular weight excluding hydrogens is 304 g/mol. The van der Waals surface area contributed by atoms with Crippen LogP contribution in [-0.2, 0) is 13.0 Å². The standard InChI is InChI=1S/C14H17BrN4/c1-2-3-12-13(15)14-17-8-11(9-19(14)18-12)10-4-6-16-7-5-10/h4-7,11,17H,2-3,8-9H2,1H3. The van der Waals surface area contributed by atoms with Gasteiger partial charge in [-0.3, -0.25) is 4.98 Å². The SMILES string of the molecule is CCCc1nn2c(c1Br)NCC(c1ccncc1)C2. The van der Waals surface area contributed by atoms with Crippen LogP contribution in [0.4, 0.5) is 5.82 Å². The first-order chi connectivity index (χ1) is 9.29. The van der Waals surface area contributed by atoms with E-state index >= 15 is 0 Å². The zero-order valence-corrected chi connectivity index (χ0v) is 12.5. The van der Waals surface area contributed by atoms with Crippen LogP contribution in [0.3, 0.4) is 0 Å². The van der Waals surface area contributed by atoms with Gasteiger partial charge in [0.05, 0.1) is 16.7 Å². The lowest BCUT2D eigenvalue weighted by Gasteiger charge is -2.25. The zero-order valence-electron chi connectivity index (χ0n) is 10.9. The number of pyridine rings is 1. The normalized spacial score (nSPS) is 17.9. The second-order valence-corrected chi connectivity index (χ2v) is 5.69. The zero-order chi connectivity index (χ0) is 13.2. The predicted octanol–water partition coefficient (Wildman–Crippen LogP) is 3.20. The Morgan fingerprint density at radius 3 is 2.95 bits per heavy atom. The van der Waals surface area contributed by atoms with Crippen molar-refractivity contribution in [2.45, 2.75) is 32.2 Å². The highest BCUT2D eigenvalue weighted by Gasteiger charge is 2.24. The number of fused-ring (bicyclic) bond motifs is 1. The molecule has 1 unspecified atom stereocenters. The number of halogens is 1. The molecule has 2 aromatic rings. The van der Waals surface area contributed by atoms with Crippen LogP contribution in [0, 0.1) is 0 Å². The maximum absolute atomic E-state index is 4.71. The van der Waals surface area contributed by atoms with E-state index in [1.807, 2.05) is 12.4 Å². The van der Waals surface area contributed by atoms with E-state index in [4.69, 9.17) is 5.10 Å². The minimum absolute atomic E-state index is 0.455. The summed E-state index contributed by atoms with van der Waals surface area (Å²) in [6.07, 6.45) is 5.84. The third kappa shape index (κ3) is 2.39. The van der Waals surface area contributed by atoms with Gasteiger partial charge in [-0.1, -0.05) is 13.3 Å². The van der Waals surface area contributed by atoms with Crippen molar-refractivity contribution in [3.63, 3.8) is 0 Å². The quantitative estimate of drug-likeness (QED) is 0.944. The van der Waals surface area contributed by atoms with Crippen LogP contribution in [0.2, 0.25) is 0 Å². The van der Waals surface area contributed by atoms with Gasteiger partial charge in [0, 0.05) is 24.9 Å². The van der Waals surface area contributed by atoms with Crippen LogP contribution in [-0.4, -0.2) is 21.3 Å². The van der Waals surface area contributed by atoms with E-state index in [2.05, 4.69) is 50.0 Å². The summed E-state index contributed by atoms with van der Waals surface area (Å²) in [4.78, 5) is 4.08. The molecule has 0 bridgehead atoms. The number of aromatic nitrogens is 3. The van der Waals surface area contributed by atoms with Crippen LogP contribution < -0.4 is 5.32 Å². The van der Waals surface area contributed by atoms with Crippen LogP contribution >= 0.6 is 15.9 Å². The van der Waals surface area contributed by atoms with Gasteiger partial charge in [0.25, 0.3) is 0 Å². The van der Waals surface area contributed by atoms with E-state index in [1.54, 1.807) is 0 Å². The van der Waals surface area contributed by atoms with Crippen molar-refractivity contribution < 1.29 is 0 Å². The second-order valence-electron chi connectivity index (χ2n) is 4.90. The molecule has 0 aromatic carbocycles. The van der Waals surface area contributed by atoms with E-state index in [0.717, 1.165) is 41.9 Å². The molecule has 1 atom stereocenters. The Morgan fingerprint density at radius 2 is 2.21 bits per heavy atom. The fourth-order valence-corrected chi connectivity index (χ4v) is 3.16. The highest BCUT2D eigenvalue weighted by molar-refractivity contribution is 9.10. The summed E-state index contributed by atoms with van der Waals surface area (Å²) in [5.41, 5.74) is 2.47. The Bertz CT molecular complexity index is 564. The number of anilines is 1. The number of nitrogens with one attached hydrogen (secondary N) is 1. The van der Waals surface area contributed by atoms with Crippen molar-refractivity contribution in [2.75, 3.05) is 11.9 Å². The molecule has 1 aliphatic heterocycles. The Kier molecular flexibility index (Phi) is 3.55. The second kappa shape index (κ2) is 5.33. The molecule has 0 radical (unpaired) electrons. The topological polar surface area (TPSA) is 42.7 Å². The Hall–Kier alpha value is -1.36. The molecule has 0 fully saturated rings. The van der Waals surface area contributed by atoms with E-state index in [0.29, 0.717) is 5.92 Å². The minimum Gasteiger partial charge on any atom is -0.369 e. The highest BCUT2D eigenvalue weighted by Crippen LogP contribution is 2.33. The maximum atomic E-state index is 4.71.